The number of pyridine rings is 1. The Balaban J connectivity index is 1.81. The van der Waals surface area contributed by atoms with Crippen molar-refractivity contribution in [2.75, 3.05) is 59.8 Å². The summed E-state index contributed by atoms with van der Waals surface area (Å²) in [7, 11) is 1.65. The van der Waals surface area contributed by atoms with E-state index in [9.17, 15) is 0 Å². The van der Waals surface area contributed by atoms with Crippen LogP contribution in [0.4, 0.5) is 0 Å². The molecule has 1 aromatic heterocycles. The van der Waals surface area contributed by atoms with E-state index in [2.05, 4.69) is 4.98 Å². The van der Waals surface area contributed by atoms with Crippen LogP contribution in [0.25, 0.3) is 0 Å². The summed E-state index contributed by atoms with van der Waals surface area (Å²) in [4.78, 5) is 9.76. The van der Waals surface area contributed by atoms with Crippen molar-refractivity contribution in [2.24, 2.45) is 0 Å². The normalized spacial score (nSPS) is 20.6. The highest BCUT2D eigenvalue weighted by Gasteiger charge is 2.04. The first-order valence-corrected chi connectivity index (χ1v) is 7.93. The van der Waals surface area contributed by atoms with Crippen LogP contribution in [0.5, 0.6) is 0 Å². The van der Waals surface area contributed by atoms with E-state index in [0.717, 1.165) is 11.4 Å². The van der Waals surface area contributed by atoms with Gasteiger partial charge < -0.3 is 23.8 Å². The lowest BCUT2D eigenvalue weighted by Crippen LogP contribution is -2.30. The van der Waals surface area contributed by atoms with Crippen LogP contribution in [0.2, 0.25) is 0 Å². The Morgan fingerprint density at radius 1 is 0.826 bits per heavy atom. The predicted octanol–water partition coefficient (Wildman–Crippen LogP) is 1.02. The second-order valence-corrected chi connectivity index (χ2v) is 5.06. The molecule has 130 valence electrons. The van der Waals surface area contributed by atoms with E-state index in [-0.39, 0.29) is 0 Å². The Bertz CT molecular complexity index is 399. The van der Waals surface area contributed by atoms with E-state index in [1.54, 1.807) is 7.11 Å². The van der Waals surface area contributed by atoms with Crippen molar-refractivity contribution in [3.8, 4) is 0 Å². The van der Waals surface area contributed by atoms with Gasteiger partial charge in [-0.15, -0.1) is 0 Å². The smallest absolute Gasteiger partial charge is 0.0889 e. The molecule has 1 aliphatic rings. The van der Waals surface area contributed by atoms with Gasteiger partial charge in [-0.2, -0.15) is 5.06 Å². The van der Waals surface area contributed by atoms with E-state index in [1.807, 2.05) is 23.3 Å². The lowest BCUT2D eigenvalue weighted by atomic mass is 10.3. The third kappa shape index (κ3) is 7.83. The summed E-state index contributed by atoms with van der Waals surface area (Å²) < 4.78 is 22.2. The first kappa shape index (κ1) is 18.3. The first-order chi connectivity index (χ1) is 11.4. The van der Waals surface area contributed by atoms with Gasteiger partial charge in [0.15, 0.2) is 0 Å². The summed E-state index contributed by atoms with van der Waals surface area (Å²) in [5.74, 6) is 0. The third-order valence-corrected chi connectivity index (χ3v) is 3.34. The number of ether oxygens (including phenoxy) is 4. The van der Waals surface area contributed by atoms with Gasteiger partial charge in [0.25, 0.3) is 0 Å². The Morgan fingerprint density at radius 2 is 1.35 bits per heavy atom. The molecule has 0 atom stereocenters. The van der Waals surface area contributed by atoms with Gasteiger partial charge in [-0.05, 0) is 12.1 Å². The highest BCUT2D eigenvalue weighted by Crippen LogP contribution is 2.03. The molecule has 0 amide bonds. The van der Waals surface area contributed by atoms with Crippen molar-refractivity contribution >= 4 is 0 Å². The number of fused-ring (bicyclic) bond motifs is 2. The average Bonchev–Trinajstić information content (AvgIpc) is 2.58. The summed E-state index contributed by atoms with van der Waals surface area (Å²) in [5.41, 5.74) is 1.79. The highest BCUT2D eigenvalue weighted by molar-refractivity contribution is 5.09. The second kappa shape index (κ2) is 11.4. The zero-order chi connectivity index (χ0) is 16.2. The van der Waals surface area contributed by atoms with Crippen LogP contribution in [-0.4, -0.2) is 69.9 Å². The minimum Gasteiger partial charge on any atom is -0.378 e. The third-order valence-electron chi connectivity index (χ3n) is 3.34. The van der Waals surface area contributed by atoms with Gasteiger partial charge >= 0.3 is 0 Å². The number of nitrogens with zero attached hydrogens (tertiary/aromatic N) is 2. The molecule has 0 spiro atoms. The maximum Gasteiger partial charge on any atom is 0.0889 e. The molecular formula is C16H26N2O5. The van der Waals surface area contributed by atoms with Crippen LogP contribution in [0.15, 0.2) is 18.2 Å². The fourth-order valence-corrected chi connectivity index (χ4v) is 2.11. The van der Waals surface area contributed by atoms with Gasteiger partial charge in [0.05, 0.1) is 71.4 Å². The van der Waals surface area contributed by atoms with Crippen molar-refractivity contribution in [3.63, 3.8) is 0 Å². The molecule has 7 nitrogen and oxygen atoms in total. The molecule has 0 aromatic carbocycles. The molecule has 1 aliphatic heterocycles. The number of aromatic nitrogens is 1. The molecule has 7 heteroatoms. The maximum atomic E-state index is 5.58. The average molecular weight is 326 g/mol. The molecule has 1 aromatic rings. The molecule has 0 N–H and O–H groups in total. The summed E-state index contributed by atoms with van der Waals surface area (Å²) in [6.07, 6.45) is 0. The molecule has 0 aliphatic carbocycles. The minimum atomic E-state index is 0.477. The van der Waals surface area contributed by atoms with Crippen LogP contribution in [0.1, 0.15) is 11.4 Å². The van der Waals surface area contributed by atoms with Gasteiger partial charge in [-0.1, -0.05) is 6.07 Å². The Labute approximate surface area is 137 Å². The largest absolute Gasteiger partial charge is 0.378 e. The van der Waals surface area contributed by atoms with Crippen LogP contribution in [0.3, 0.4) is 0 Å². The van der Waals surface area contributed by atoms with Gasteiger partial charge in [-0.25, -0.2) is 0 Å². The molecule has 0 unspecified atom stereocenters. The summed E-state index contributed by atoms with van der Waals surface area (Å²) in [6.45, 7) is 5.71. The molecule has 2 heterocycles. The van der Waals surface area contributed by atoms with Crippen molar-refractivity contribution in [1.82, 2.24) is 10.0 Å². The molecular weight excluding hydrogens is 300 g/mol. The summed E-state index contributed by atoms with van der Waals surface area (Å²) in [5, 5.41) is 1.82. The van der Waals surface area contributed by atoms with Gasteiger partial charge in [-0.3, -0.25) is 4.98 Å². The molecule has 0 radical (unpaired) electrons. The van der Waals surface area contributed by atoms with Gasteiger partial charge in [0.1, 0.15) is 0 Å². The zero-order valence-corrected chi connectivity index (χ0v) is 13.7. The standard InChI is InChI=1S/C16H26N2O5/c1-19-18-5-7-20-9-11-22-13-15-3-2-4-16(17-15)14-23-12-10-21-8-6-18/h2-4H,5-14H2,1H3. The van der Waals surface area contributed by atoms with E-state index in [4.69, 9.17) is 23.8 Å². The Morgan fingerprint density at radius 3 is 1.87 bits per heavy atom. The monoisotopic (exact) mass is 326 g/mol. The van der Waals surface area contributed by atoms with Gasteiger partial charge in [0, 0.05) is 13.1 Å². The van der Waals surface area contributed by atoms with E-state index >= 15 is 0 Å². The molecule has 0 saturated carbocycles. The number of hydrogen-bond acceptors (Lipinski definition) is 7. The number of rotatable bonds is 1. The Hall–Kier alpha value is -1.09. The minimum absolute atomic E-state index is 0.477. The van der Waals surface area contributed by atoms with E-state index in [0.29, 0.717) is 65.9 Å². The zero-order valence-electron chi connectivity index (χ0n) is 13.7. The Kier molecular flexibility index (Phi) is 9.08. The topological polar surface area (TPSA) is 62.3 Å². The lowest BCUT2D eigenvalue weighted by molar-refractivity contribution is -0.150. The molecule has 23 heavy (non-hydrogen) atoms. The van der Waals surface area contributed by atoms with E-state index < -0.39 is 0 Å². The molecule has 2 rings (SSSR count). The van der Waals surface area contributed by atoms with Crippen molar-refractivity contribution in [1.29, 1.82) is 0 Å². The fraction of sp³-hybridized carbons (Fsp3) is 0.688. The van der Waals surface area contributed by atoms with Crippen LogP contribution in [0, 0.1) is 0 Å². The molecule has 0 fully saturated rings. The highest BCUT2D eigenvalue weighted by atomic mass is 16.7. The number of hydrogen-bond donors (Lipinski definition) is 0. The van der Waals surface area contributed by atoms with Crippen molar-refractivity contribution in [2.45, 2.75) is 13.2 Å². The first-order valence-electron chi connectivity index (χ1n) is 7.93. The quantitative estimate of drug-likeness (QED) is 0.763. The van der Waals surface area contributed by atoms with Crippen LogP contribution < -0.4 is 0 Å². The predicted molar refractivity (Wildman–Crippen MR) is 83.8 cm³/mol. The van der Waals surface area contributed by atoms with Crippen LogP contribution in [-0.2, 0) is 37.0 Å². The van der Waals surface area contributed by atoms with Crippen molar-refractivity contribution < 1.29 is 23.8 Å². The lowest BCUT2D eigenvalue weighted by Gasteiger charge is -2.19. The maximum absolute atomic E-state index is 5.58. The second-order valence-electron chi connectivity index (χ2n) is 5.06. The van der Waals surface area contributed by atoms with Crippen LogP contribution >= 0.6 is 0 Å². The van der Waals surface area contributed by atoms with Gasteiger partial charge in [0.2, 0.25) is 0 Å². The summed E-state index contributed by atoms with van der Waals surface area (Å²) in [6, 6.07) is 5.86. The number of hydroxylamine groups is 2. The molecule has 2 bridgehead atoms. The summed E-state index contributed by atoms with van der Waals surface area (Å²) >= 11 is 0. The van der Waals surface area contributed by atoms with E-state index in [1.165, 1.54) is 0 Å². The molecule has 0 saturated heterocycles. The van der Waals surface area contributed by atoms with Crippen molar-refractivity contribution in [3.05, 3.63) is 29.6 Å². The SMILES string of the molecule is CON1CCOCCOCc2cccc(n2)COCCOCC1. The fourth-order valence-electron chi connectivity index (χ4n) is 2.11.